The molecule has 26 heavy (non-hydrogen) atoms. The number of aryl methyl sites for hydroxylation is 1. The fraction of sp³-hybridized carbons (Fsp3) is 0.176. The zero-order chi connectivity index (χ0) is 19.3. The van der Waals surface area contributed by atoms with Crippen LogP contribution in [0.1, 0.15) is 22.8 Å². The van der Waals surface area contributed by atoms with Crippen LogP contribution in [0.3, 0.4) is 0 Å². The van der Waals surface area contributed by atoms with Gasteiger partial charge < -0.3 is 4.74 Å². The molecule has 0 fully saturated rings. The SMILES string of the molecule is Cc1cccc(C(=O)NNC(=O)C(C)Oc2ccccc2F)c1[N+](=O)[O-]. The normalized spacial score (nSPS) is 11.3. The molecule has 1 atom stereocenters. The number of carbonyl (C=O) groups is 2. The molecule has 136 valence electrons. The molecular formula is C17H16FN3O5. The van der Waals surface area contributed by atoms with Gasteiger partial charge in [0.05, 0.1) is 4.92 Å². The molecule has 0 saturated heterocycles. The number of hydrogen-bond donors (Lipinski definition) is 2. The average Bonchev–Trinajstić information content (AvgIpc) is 2.60. The van der Waals surface area contributed by atoms with E-state index in [1.165, 1.54) is 50.2 Å². The van der Waals surface area contributed by atoms with Crippen molar-refractivity contribution in [3.05, 3.63) is 69.5 Å². The average molecular weight is 361 g/mol. The lowest BCUT2D eigenvalue weighted by Gasteiger charge is -2.15. The van der Waals surface area contributed by atoms with Crippen molar-refractivity contribution in [1.82, 2.24) is 10.9 Å². The second-order valence-corrected chi connectivity index (χ2v) is 5.36. The summed E-state index contributed by atoms with van der Waals surface area (Å²) in [6, 6.07) is 9.81. The van der Waals surface area contributed by atoms with Crippen molar-refractivity contribution in [3.8, 4) is 5.75 Å². The van der Waals surface area contributed by atoms with Gasteiger partial charge in [0.1, 0.15) is 5.56 Å². The van der Waals surface area contributed by atoms with Crippen LogP contribution in [0.15, 0.2) is 42.5 Å². The topological polar surface area (TPSA) is 111 Å². The van der Waals surface area contributed by atoms with E-state index in [2.05, 4.69) is 10.9 Å². The van der Waals surface area contributed by atoms with Crippen LogP contribution >= 0.6 is 0 Å². The fourth-order valence-electron chi connectivity index (χ4n) is 2.16. The Kier molecular flexibility index (Phi) is 5.84. The molecule has 0 aromatic heterocycles. The lowest BCUT2D eigenvalue weighted by Crippen LogP contribution is -2.47. The molecule has 0 aliphatic carbocycles. The highest BCUT2D eigenvalue weighted by atomic mass is 19.1. The van der Waals surface area contributed by atoms with Crippen molar-refractivity contribution in [1.29, 1.82) is 0 Å². The van der Waals surface area contributed by atoms with E-state index in [0.717, 1.165) is 0 Å². The van der Waals surface area contributed by atoms with E-state index in [1.54, 1.807) is 6.07 Å². The lowest BCUT2D eigenvalue weighted by molar-refractivity contribution is -0.385. The minimum Gasteiger partial charge on any atom is -0.478 e. The van der Waals surface area contributed by atoms with E-state index in [-0.39, 0.29) is 17.0 Å². The third kappa shape index (κ3) is 4.32. The first kappa shape index (κ1) is 18.8. The minimum atomic E-state index is -1.11. The minimum absolute atomic E-state index is 0.115. The highest BCUT2D eigenvalue weighted by Gasteiger charge is 2.23. The number of benzene rings is 2. The maximum absolute atomic E-state index is 13.5. The summed E-state index contributed by atoms with van der Waals surface area (Å²) >= 11 is 0. The zero-order valence-electron chi connectivity index (χ0n) is 14.0. The number of halogens is 1. The van der Waals surface area contributed by atoms with Crippen molar-refractivity contribution in [2.45, 2.75) is 20.0 Å². The summed E-state index contributed by atoms with van der Waals surface area (Å²) in [4.78, 5) is 34.5. The third-order valence-corrected chi connectivity index (χ3v) is 3.47. The van der Waals surface area contributed by atoms with Crippen LogP contribution in [0, 0.1) is 22.9 Å². The van der Waals surface area contributed by atoms with Crippen LogP contribution in [0.2, 0.25) is 0 Å². The molecule has 0 bridgehead atoms. The molecule has 0 aliphatic rings. The monoisotopic (exact) mass is 361 g/mol. The molecule has 2 aromatic rings. The van der Waals surface area contributed by atoms with Gasteiger partial charge in [0.15, 0.2) is 17.7 Å². The molecular weight excluding hydrogens is 345 g/mol. The van der Waals surface area contributed by atoms with E-state index in [9.17, 15) is 24.1 Å². The number of hydrazine groups is 1. The molecule has 1 unspecified atom stereocenters. The molecule has 2 rings (SSSR count). The highest BCUT2D eigenvalue weighted by molar-refractivity contribution is 5.99. The molecule has 2 aromatic carbocycles. The molecule has 0 heterocycles. The molecule has 9 heteroatoms. The molecule has 0 aliphatic heterocycles. The van der Waals surface area contributed by atoms with Crippen LogP contribution in [0.4, 0.5) is 10.1 Å². The number of hydrogen-bond acceptors (Lipinski definition) is 5. The number of nitro groups is 1. The van der Waals surface area contributed by atoms with Gasteiger partial charge in [-0.05, 0) is 32.0 Å². The summed E-state index contributed by atoms with van der Waals surface area (Å²) in [5.74, 6) is -2.36. The first-order valence-corrected chi connectivity index (χ1v) is 7.56. The standard InChI is InChI=1S/C17H16FN3O5/c1-10-6-5-7-12(15(10)21(24)25)17(23)20-19-16(22)11(2)26-14-9-4-3-8-13(14)18/h3-9,11H,1-2H3,(H,19,22)(H,20,23). The van der Waals surface area contributed by atoms with Gasteiger partial charge in [-0.1, -0.05) is 24.3 Å². The molecule has 0 saturated carbocycles. The van der Waals surface area contributed by atoms with Crippen LogP contribution in [0.25, 0.3) is 0 Å². The Morgan fingerprint density at radius 2 is 1.85 bits per heavy atom. The van der Waals surface area contributed by atoms with Gasteiger partial charge in [-0.2, -0.15) is 0 Å². The summed E-state index contributed by atoms with van der Waals surface area (Å²) in [7, 11) is 0. The Hall–Kier alpha value is -3.49. The van der Waals surface area contributed by atoms with Gasteiger partial charge in [-0.3, -0.25) is 30.6 Å². The number of amides is 2. The van der Waals surface area contributed by atoms with E-state index in [0.29, 0.717) is 5.56 Å². The fourth-order valence-corrected chi connectivity index (χ4v) is 2.16. The van der Waals surface area contributed by atoms with Crippen LogP contribution in [-0.4, -0.2) is 22.8 Å². The Morgan fingerprint density at radius 3 is 2.50 bits per heavy atom. The summed E-state index contributed by atoms with van der Waals surface area (Å²) in [6.07, 6.45) is -1.11. The lowest BCUT2D eigenvalue weighted by atomic mass is 10.1. The maximum Gasteiger partial charge on any atom is 0.285 e. The summed E-state index contributed by atoms with van der Waals surface area (Å²) < 4.78 is 18.7. The number of nitrogens with zero attached hydrogens (tertiary/aromatic N) is 1. The van der Waals surface area contributed by atoms with Gasteiger partial charge in [0.2, 0.25) is 0 Å². The van der Waals surface area contributed by atoms with E-state index >= 15 is 0 Å². The molecule has 2 N–H and O–H groups in total. The Bertz CT molecular complexity index is 856. The van der Waals surface area contributed by atoms with Gasteiger partial charge in [0, 0.05) is 5.56 Å². The number of nitrogens with one attached hydrogen (secondary N) is 2. The van der Waals surface area contributed by atoms with Crippen LogP contribution in [0.5, 0.6) is 5.75 Å². The second-order valence-electron chi connectivity index (χ2n) is 5.36. The highest BCUT2D eigenvalue weighted by Crippen LogP contribution is 2.22. The van der Waals surface area contributed by atoms with E-state index < -0.39 is 28.7 Å². The molecule has 0 radical (unpaired) electrons. The predicted molar refractivity (Wildman–Crippen MR) is 89.9 cm³/mol. The number of ether oxygens (including phenoxy) is 1. The first-order valence-electron chi connectivity index (χ1n) is 7.56. The Morgan fingerprint density at radius 1 is 1.15 bits per heavy atom. The van der Waals surface area contributed by atoms with Crippen LogP contribution < -0.4 is 15.6 Å². The molecule has 8 nitrogen and oxygen atoms in total. The van der Waals surface area contributed by atoms with E-state index in [1.807, 2.05) is 0 Å². The number of carbonyl (C=O) groups excluding carboxylic acids is 2. The molecule has 2 amide bonds. The van der Waals surface area contributed by atoms with Crippen molar-refractivity contribution in [2.75, 3.05) is 0 Å². The van der Waals surface area contributed by atoms with Gasteiger partial charge in [0.25, 0.3) is 17.5 Å². The van der Waals surface area contributed by atoms with Crippen molar-refractivity contribution >= 4 is 17.5 Å². The van der Waals surface area contributed by atoms with Gasteiger partial charge in [-0.15, -0.1) is 0 Å². The quantitative estimate of drug-likeness (QED) is 0.627. The third-order valence-electron chi connectivity index (χ3n) is 3.47. The Labute approximate surface area is 148 Å². The van der Waals surface area contributed by atoms with E-state index in [4.69, 9.17) is 4.74 Å². The van der Waals surface area contributed by atoms with Gasteiger partial charge >= 0.3 is 0 Å². The second kappa shape index (κ2) is 8.06. The number of rotatable bonds is 5. The maximum atomic E-state index is 13.5. The predicted octanol–water partition coefficient (Wildman–Crippen LogP) is 2.27. The smallest absolute Gasteiger partial charge is 0.285 e. The van der Waals surface area contributed by atoms with Gasteiger partial charge in [-0.25, -0.2) is 4.39 Å². The van der Waals surface area contributed by atoms with Crippen molar-refractivity contribution in [2.24, 2.45) is 0 Å². The summed E-state index contributed by atoms with van der Waals surface area (Å²) in [6.45, 7) is 2.86. The largest absolute Gasteiger partial charge is 0.478 e. The first-order chi connectivity index (χ1) is 12.3. The molecule has 0 spiro atoms. The van der Waals surface area contributed by atoms with Crippen LogP contribution in [-0.2, 0) is 4.79 Å². The van der Waals surface area contributed by atoms with Crippen molar-refractivity contribution < 1.29 is 23.6 Å². The number of para-hydroxylation sites is 2. The summed E-state index contributed by atoms with van der Waals surface area (Å²) in [5.41, 5.74) is 3.95. The van der Waals surface area contributed by atoms with Crippen molar-refractivity contribution in [3.63, 3.8) is 0 Å². The number of nitro benzene ring substituents is 1. The summed E-state index contributed by atoms with van der Waals surface area (Å²) in [5, 5.41) is 11.1. The Balaban J connectivity index is 2.01. The zero-order valence-corrected chi connectivity index (χ0v) is 14.0.